The van der Waals surface area contributed by atoms with E-state index >= 15 is 0 Å². The van der Waals surface area contributed by atoms with Crippen LogP contribution in [0, 0.1) is 12.7 Å². The number of ether oxygens (including phenoxy) is 2. The number of aryl methyl sites for hydroxylation is 1. The SMILES string of the molecule is Cc1onc(-c2ccc(F)cc2)c1COc1cnc(-c2cnn3c2COCC3)cn1. The lowest BCUT2D eigenvalue weighted by Crippen LogP contribution is -2.17. The quantitative estimate of drug-likeness (QED) is 0.500. The van der Waals surface area contributed by atoms with E-state index in [0.29, 0.717) is 36.2 Å². The minimum atomic E-state index is -0.307. The molecule has 0 aliphatic carbocycles. The average Bonchev–Trinajstić information content (AvgIpc) is 3.37. The highest BCUT2D eigenvalue weighted by Gasteiger charge is 2.18. The van der Waals surface area contributed by atoms with Gasteiger partial charge in [-0.1, -0.05) is 5.16 Å². The molecule has 0 saturated heterocycles. The summed E-state index contributed by atoms with van der Waals surface area (Å²) >= 11 is 0. The molecule has 5 rings (SSSR count). The van der Waals surface area contributed by atoms with Crippen molar-refractivity contribution in [1.29, 1.82) is 0 Å². The van der Waals surface area contributed by atoms with Crippen molar-refractivity contribution >= 4 is 0 Å². The number of aromatic nitrogens is 5. The molecule has 0 radical (unpaired) electrons. The van der Waals surface area contributed by atoms with E-state index in [-0.39, 0.29) is 12.4 Å². The third-order valence-electron chi connectivity index (χ3n) is 5.01. The Morgan fingerprint density at radius 2 is 2.00 bits per heavy atom. The highest BCUT2D eigenvalue weighted by molar-refractivity contribution is 5.63. The fourth-order valence-electron chi connectivity index (χ4n) is 3.36. The number of halogens is 1. The molecule has 1 aliphatic heterocycles. The van der Waals surface area contributed by atoms with Gasteiger partial charge in [-0.2, -0.15) is 5.10 Å². The number of nitrogens with zero attached hydrogens (tertiary/aromatic N) is 5. The first-order valence-corrected chi connectivity index (χ1v) is 9.48. The van der Waals surface area contributed by atoms with Gasteiger partial charge >= 0.3 is 0 Å². The van der Waals surface area contributed by atoms with E-state index in [9.17, 15) is 4.39 Å². The van der Waals surface area contributed by atoms with Crippen LogP contribution in [0.3, 0.4) is 0 Å². The summed E-state index contributed by atoms with van der Waals surface area (Å²) in [6, 6.07) is 6.07. The summed E-state index contributed by atoms with van der Waals surface area (Å²) in [6.45, 7) is 3.91. The maximum absolute atomic E-state index is 13.2. The molecule has 152 valence electrons. The smallest absolute Gasteiger partial charge is 0.232 e. The van der Waals surface area contributed by atoms with Gasteiger partial charge in [0.1, 0.15) is 23.9 Å². The molecule has 9 heteroatoms. The normalized spacial score (nSPS) is 13.3. The van der Waals surface area contributed by atoms with E-state index in [2.05, 4.69) is 20.2 Å². The lowest BCUT2D eigenvalue weighted by atomic mass is 10.1. The fraction of sp³-hybridized carbons (Fsp3) is 0.238. The zero-order chi connectivity index (χ0) is 20.5. The van der Waals surface area contributed by atoms with Gasteiger partial charge in [0.25, 0.3) is 0 Å². The van der Waals surface area contributed by atoms with Crippen LogP contribution in [-0.4, -0.2) is 31.5 Å². The monoisotopic (exact) mass is 407 g/mol. The standard InChI is InChI=1S/C21H18FN5O3/c1-13-17(21(26-30-13)14-2-4-15(22)5-3-14)11-29-20-10-23-18(9-24-20)16-8-25-27-6-7-28-12-19(16)27/h2-5,8-10H,6-7,11-12H2,1H3. The highest BCUT2D eigenvalue weighted by Crippen LogP contribution is 2.27. The van der Waals surface area contributed by atoms with Crippen molar-refractivity contribution in [3.63, 3.8) is 0 Å². The first kappa shape index (κ1) is 18.4. The third-order valence-corrected chi connectivity index (χ3v) is 5.01. The Kier molecular flexibility index (Phi) is 4.72. The van der Waals surface area contributed by atoms with Crippen molar-refractivity contribution in [2.24, 2.45) is 0 Å². The van der Waals surface area contributed by atoms with Crippen LogP contribution < -0.4 is 4.74 Å². The number of rotatable bonds is 5. The van der Waals surface area contributed by atoms with E-state index in [1.807, 2.05) is 4.68 Å². The van der Waals surface area contributed by atoms with Gasteiger partial charge < -0.3 is 14.0 Å². The molecule has 0 saturated carbocycles. The molecule has 1 aromatic carbocycles. The van der Waals surface area contributed by atoms with Gasteiger partial charge in [-0.25, -0.2) is 14.4 Å². The average molecular weight is 407 g/mol. The molecule has 0 fully saturated rings. The molecule has 4 aromatic rings. The molecule has 30 heavy (non-hydrogen) atoms. The minimum absolute atomic E-state index is 0.201. The predicted molar refractivity (Wildman–Crippen MR) is 104 cm³/mol. The van der Waals surface area contributed by atoms with Crippen LogP contribution in [0.5, 0.6) is 5.88 Å². The molecule has 0 N–H and O–H groups in total. The Bertz CT molecular complexity index is 1170. The summed E-state index contributed by atoms with van der Waals surface area (Å²) in [5, 5.41) is 8.46. The molecule has 0 spiro atoms. The lowest BCUT2D eigenvalue weighted by Gasteiger charge is -2.15. The lowest BCUT2D eigenvalue weighted by molar-refractivity contribution is 0.0804. The van der Waals surface area contributed by atoms with E-state index < -0.39 is 0 Å². The zero-order valence-electron chi connectivity index (χ0n) is 16.2. The molecular weight excluding hydrogens is 389 g/mol. The van der Waals surface area contributed by atoms with Crippen LogP contribution in [0.1, 0.15) is 17.0 Å². The minimum Gasteiger partial charge on any atom is -0.471 e. The van der Waals surface area contributed by atoms with Crippen molar-refractivity contribution < 1.29 is 18.4 Å². The first-order chi connectivity index (χ1) is 14.7. The summed E-state index contributed by atoms with van der Waals surface area (Å²) in [4.78, 5) is 8.83. The summed E-state index contributed by atoms with van der Waals surface area (Å²) in [7, 11) is 0. The largest absolute Gasteiger partial charge is 0.471 e. The molecule has 0 bridgehead atoms. The maximum atomic E-state index is 13.2. The van der Waals surface area contributed by atoms with E-state index in [1.165, 1.54) is 12.1 Å². The zero-order valence-corrected chi connectivity index (χ0v) is 16.2. The summed E-state index contributed by atoms with van der Waals surface area (Å²) in [5.74, 6) is 0.700. The summed E-state index contributed by atoms with van der Waals surface area (Å²) in [5.41, 5.74) is 4.75. The number of hydrogen-bond donors (Lipinski definition) is 0. The van der Waals surface area contributed by atoms with Crippen molar-refractivity contribution in [2.45, 2.75) is 26.7 Å². The Morgan fingerprint density at radius 3 is 2.80 bits per heavy atom. The molecular formula is C21H18FN5O3. The van der Waals surface area contributed by atoms with Crippen LogP contribution >= 0.6 is 0 Å². The first-order valence-electron chi connectivity index (χ1n) is 9.48. The second-order valence-electron chi connectivity index (χ2n) is 6.88. The van der Waals surface area contributed by atoms with Gasteiger partial charge in [0, 0.05) is 11.1 Å². The highest BCUT2D eigenvalue weighted by atomic mass is 19.1. The Labute approximate surface area is 171 Å². The van der Waals surface area contributed by atoms with Crippen molar-refractivity contribution in [3.05, 3.63) is 65.7 Å². The molecule has 1 aliphatic rings. The molecule has 0 unspecified atom stereocenters. The number of benzene rings is 1. The third kappa shape index (κ3) is 3.43. The summed E-state index contributed by atoms with van der Waals surface area (Å²) in [6.07, 6.45) is 5.01. The topological polar surface area (TPSA) is 88.1 Å². The van der Waals surface area contributed by atoms with Crippen LogP contribution in [-0.2, 0) is 24.5 Å². The van der Waals surface area contributed by atoms with Gasteiger partial charge in [0.2, 0.25) is 5.88 Å². The maximum Gasteiger partial charge on any atom is 0.232 e. The van der Waals surface area contributed by atoms with Crippen molar-refractivity contribution in [1.82, 2.24) is 24.9 Å². The molecule has 8 nitrogen and oxygen atoms in total. The van der Waals surface area contributed by atoms with Crippen LogP contribution in [0.25, 0.3) is 22.5 Å². The van der Waals surface area contributed by atoms with Crippen LogP contribution in [0.2, 0.25) is 0 Å². The Balaban J connectivity index is 1.33. The molecule has 3 aromatic heterocycles. The molecule has 0 atom stereocenters. The number of fused-ring (bicyclic) bond motifs is 1. The predicted octanol–water partition coefficient (Wildman–Crippen LogP) is 3.55. The van der Waals surface area contributed by atoms with Gasteiger partial charge in [0.15, 0.2) is 0 Å². The van der Waals surface area contributed by atoms with Crippen LogP contribution in [0.4, 0.5) is 4.39 Å². The van der Waals surface area contributed by atoms with E-state index in [0.717, 1.165) is 28.9 Å². The van der Waals surface area contributed by atoms with Crippen molar-refractivity contribution in [3.8, 4) is 28.4 Å². The van der Waals surface area contributed by atoms with Gasteiger partial charge in [-0.15, -0.1) is 0 Å². The van der Waals surface area contributed by atoms with Gasteiger partial charge in [-0.3, -0.25) is 4.68 Å². The second-order valence-corrected chi connectivity index (χ2v) is 6.88. The van der Waals surface area contributed by atoms with Crippen molar-refractivity contribution in [2.75, 3.05) is 6.61 Å². The number of hydrogen-bond acceptors (Lipinski definition) is 7. The summed E-state index contributed by atoms with van der Waals surface area (Å²) < 4.78 is 31.8. The van der Waals surface area contributed by atoms with Gasteiger partial charge in [0.05, 0.1) is 55.3 Å². The second kappa shape index (κ2) is 7.68. The Hall–Kier alpha value is -3.59. The van der Waals surface area contributed by atoms with Crippen LogP contribution in [0.15, 0.2) is 47.4 Å². The molecule has 0 amide bonds. The Morgan fingerprint density at radius 1 is 1.13 bits per heavy atom. The van der Waals surface area contributed by atoms with Gasteiger partial charge in [-0.05, 0) is 31.2 Å². The fourth-order valence-corrected chi connectivity index (χ4v) is 3.36. The molecule has 4 heterocycles. The van der Waals surface area contributed by atoms with E-state index in [1.54, 1.807) is 37.6 Å². The van der Waals surface area contributed by atoms with E-state index in [4.69, 9.17) is 14.0 Å².